The summed E-state index contributed by atoms with van der Waals surface area (Å²) in [5.41, 5.74) is 5.86. The Kier molecular flexibility index (Phi) is 5.43. The quantitative estimate of drug-likeness (QED) is 0.632. The molecule has 1 aromatic rings. The van der Waals surface area contributed by atoms with E-state index in [0.717, 1.165) is 0 Å². The number of aryl methyl sites for hydroxylation is 1. The molecule has 0 saturated carbocycles. The number of aliphatic carboxylic acids is 1. The first kappa shape index (κ1) is 15.6. The average Bonchev–Trinajstić information content (AvgIpc) is 2.76. The van der Waals surface area contributed by atoms with Crippen molar-refractivity contribution in [3.8, 4) is 0 Å². The van der Waals surface area contributed by atoms with Crippen molar-refractivity contribution in [3.63, 3.8) is 0 Å². The number of hydrogen-bond donors (Lipinski definition) is 2. The van der Waals surface area contributed by atoms with E-state index in [-0.39, 0.29) is 17.9 Å². The zero-order valence-corrected chi connectivity index (χ0v) is 11.5. The average molecular weight is 290 g/mol. The zero-order chi connectivity index (χ0) is 14.5. The van der Waals surface area contributed by atoms with Gasteiger partial charge in [0.15, 0.2) is 0 Å². The summed E-state index contributed by atoms with van der Waals surface area (Å²) in [5.74, 6) is -0.861. The Morgan fingerprint density at radius 2 is 2.26 bits per heavy atom. The molecule has 0 aliphatic heterocycles. The number of hydrogen-bond acceptors (Lipinski definition) is 6. The molecule has 0 spiro atoms. The number of nitrogens with two attached hydrogens (primary N) is 1. The fraction of sp³-hybridized carbons (Fsp3) is 0.700. The summed E-state index contributed by atoms with van der Waals surface area (Å²) in [5, 5.41) is 16.3. The third-order valence-electron chi connectivity index (χ3n) is 2.61. The molecule has 1 rings (SSSR count). The van der Waals surface area contributed by atoms with Crippen molar-refractivity contribution in [1.29, 1.82) is 0 Å². The van der Waals surface area contributed by atoms with E-state index in [1.165, 1.54) is 4.68 Å². The molecule has 3 N–H and O–H groups in total. The van der Waals surface area contributed by atoms with Crippen LogP contribution in [0.2, 0.25) is 0 Å². The number of rotatable bonds is 8. The first-order chi connectivity index (χ1) is 8.84. The fourth-order valence-corrected chi connectivity index (χ4v) is 2.30. The molecular formula is C10H18N4O4S. The van der Waals surface area contributed by atoms with E-state index in [4.69, 9.17) is 10.8 Å². The second kappa shape index (κ2) is 6.62. The van der Waals surface area contributed by atoms with Crippen LogP contribution in [0.1, 0.15) is 19.0 Å². The van der Waals surface area contributed by atoms with Gasteiger partial charge in [-0.3, -0.25) is 9.48 Å². The summed E-state index contributed by atoms with van der Waals surface area (Å²) >= 11 is 0. The van der Waals surface area contributed by atoms with Gasteiger partial charge >= 0.3 is 5.97 Å². The van der Waals surface area contributed by atoms with Crippen LogP contribution in [0.15, 0.2) is 6.20 Å². The fourth-order valence-electron chi connectivity index (χ4n) is 1.44. The summed E-state index contributed by atoms with van der Waals surface area (Å²) in [6.07, 6.45) is 2.13. The second-order valence-electron chi connectivity index (χ2n) is 4.21. The maximum atomic E-state index is 11.3. The van der Waals surface area contributed by atoms with Crippen molar-refractivity contribution in [3.05, 3.63) is 11.9 Å². The first-order valence-corrected chi connectivity index (χ1v) is 7.74. The van der Waals surface area contributed by atoms with Crippen molar-refractivity contribution in [1.82, 2.24) is 15.0 Å². The van der Waals surface area contributed by atoms with E-state index in [2.05, 4.69) is 10.3 Å². The molecule has 19 heavy (non-hydrogen) atoms. The van der Waals surface area contributed by atoms with Gasteiger partial charge in [-0.15, -0.1) is 5.10 Å². The standard InChI is InChI=1S/C10H18N4O4S/c1-2-19(17,18)5-3-4-14-7-8(12-13-14)6-9(11)10(15)16/h7,9H,2-6,11H2,1H3,(H,15,16). The largest absolute Gasteiger partial charge is 0.480 e. The molecule has 108 valence electrons. The lowest BCUT2D eigenvalue weighted by molar-refractivity contribution is -0.138. The smallest absolute Gasteiger partial charge is 0.320 e. The minimum atomic E-state index is -2.97. The van der Waals surface area contributed by atoms with Crippen molar-refractivity contribution in [2.24, 2.45) is 5.73 Å². The van der Waals surface area contributed by atoms with Gasteiger partial charge in [-0.25, -0.2) is 8.42 Å². The Morgan fingerprint density at radius 1 is 1.58 bits per heavy atom. The summed E-state index contributed by atoms with van der Waals surface area (Å²) < 4.78 is 24.1. The molecule has 0 amide bonds. The van der Waals surface area contributed by atoms with Crippen LogP contribution in [-0.2, 0) is 27.6 Å². The van der Waals surface area contributed by atoms with Gasteiger partial charge < -0.3 is 10.8 Å². The van der Waals surface area contributed by atoms with Crippen LogP contribution in [0.3, 0.4) is 0 Å². The highest BCUT2D eigenvalue weighted by atomic mass is 32.2. The Bertz CT molecular complexity index is 525. The molecule has 0 bridgehead atoms. The molecule has 0 radical (unpaired) electrons. The van der Waals surface area contributed by atoms with Gasteiger partial charge in [0.25, 0.3) is 0 Å². The minimum Gasteiger partial charge on any atom is -0.480 e. The van der Waals surface area contributed by atoms with Crippen LogP contribution >= 0.6 is 0 Å². The maximum Gasteiger partial charge on any atom is 0.320 e. The molecule has 0 saturated heterocycles. The Hall–Kier alpha value is -1.48. The number of nitrogens with zero attached hydrogens (tertiary/aromatic N) is 3. The molecular weight excluding hydrogens is 272 g/mol. The predicted octanol–water partition coefficient (Wildman–Crippen LogP) is -0.943. The molecule has 8 nitrogen and oxygen atoms in total. The van der Waals surface area contributed by atoms with Gasteiger partial charge in [0.2, 0.25) is 0 Å². The molecule has 9 heteroatoms. The minimum absolute atomic E-state index is 0.0998. The molecule has 1 unspecified atom stereocenters. The lowest BCUT2D eigenvalue weighted by Gasteiger charge is -2.02. The Balaban J connectivity index is 2.45. The predicted molar refractivity (Wildman–Crippen MR) is 68.3 cm³/mol. The maximum absolute atomic E-state index is 11.3. The number of sulfone groups is 1. The highest BCUT2D eigenvalue weighted by Crippen LogP contribution is 2.00. The summed E-state index contributed by atoms with van der Waals surface area (Å²) in [7, 11) is -2.97. The summed E-state index contributed by atoms with van der Waals surface area (Å²) in [6, 6.07) is -1.01. The van der Waals surface area contributed by atoms with Crippen molar-refractivity contribution in [2.45, 2.75) is 32.4 Å². The van der Waals surface area contributed by atoms with Crippen molar-refractivity contribution < 1.29 is 18.3 Å². The second-order valence-corrected chi connectivity index (χ2v) is 6.68. The molecule has 1 atom stereocenters. The Morgan fingerprint density at radius 3 is 2.84 bits per heavy atom. The van der Waals surface area contributed by atoms with Gasteiger partial charge in [0.05, 0.1) is 11.4 Å². The molecule has 0 aliphatic rings. The van der Waals surface area contributed by atoms with Crippen LogP contribution < -0.4 is 5.73 Å². The van der Waals surface area contributed by atoms with Crippen molar-refractivity contribution in [2.75, 3.05) is 11.5 Å². The third-order valence-corrected chi connectivity index (χ3v) is 4.41. The van der Waals surface area contributed by atoms with Gasteiger partial charge in [-0.05, 0) is 6.42 Å². The SMILES string of the molecule is CCS(=O)(=O)CCCn1cc(CC(N)C(=O)O)nn1. The Labute approximate surface area is 111 Å². The highest BCUT2D eigenvalue weighted by molar-refractivity contribution is 7.91. The van der Waals surface area contributed by atoms with E-state index in [1.807, 2.05) is 0 Å². The number of carboxylic acid groups (broad SMARTS) is 1. The van der Waals surface area contributed by atoms with Crippen LogP contribution in [0.5, 0.6) is 0 Å². The lowest BCUT2D eigenvalue weighted by Crippen LogP contribution is -2.32. The normalized spacial score (nSPS) is 13.4. The van der Waals surface area contributed by atoms with Crippen LogP contribution in [0.4, 0.5) is 0 Å². The molecule has 1 heterocycles. The first-order valence-electron chi connectivity index (χ1n) is 5.92. The van der Waals surface area contributed by atoms with Gasteiger partial charge in [0.1, 0.15) is 15.9 Å². The topological polar surface area (TPSA) is 128 Å². The van der Waals surface area contributed by atoms with Gasteiger partial charge in [-0.2, -0.15) is 0 Å². The third kappa shape index (κ3) is 5.35. The summed E-state index contributed by atoms with van der Waals surface area (Å²) in [6.45, 7) is 2.03. The highest BCUT2D eigenvalue weighted by Gasteiger charge is 2.14. The van der Waals surface area contributed by atoms with E-state index < -0.39 is 21.8 Å². The zero-order valence-electron chi connectivity index (χ0n) is 10.7. The number of carbonyl (C=O) groups is 1. The van der Waals surface area contributed by atoms with Gasteiger partial charge in [-0.1, -0.05) is 12.1 Å². The molecule has 1 aromatic heterocycles. The molecule has 0 fully saturated rings. The monoisotopic (exact) mass is 290 g/mol. The van der Waals surface area contributed by atoms with Crippen LogP contribution in [-0.4, -0.2) is 52.0 Å². The number of carboxylic acids is 1. The van der Waals surface area contributed by atoms with E-state index >= 15 is 0 Å². The molecule has 0 aliphatic carbocycles. The van der Waals surface area contributed by atoms with E-state index in [9.17, 15) is 13.2 Å². The molecule has 0 aromatic carbocycles. The van der Waals surface area contributed by atoms with Crippen LogP contribution in [0.25, 0.3) is 0 Å². The lowest BCUT2D eigenvalue weighted by atomic mass is 10.2. The van der Waals surface area contributed by atoms with E-state index in [1.54, 1.807) is 13.1 Å². The van der Waals surface area contributed by atoms with E-state index in [0.29, 0.717) is 18.7 Å². The van der Waals surface area contributed by atoms with Gasteiger partial charge in [0, 0.05) is 24.9 Å². The van der Waals surface area contributed by atoms with Crippen LogP contribution in [0, 0.1) is 0 Å². The summed E-state index contributed by atoms with van der Waals surface area (Å²) in [4.78, 5) is 10.6. The number of aromatic nitrogens is 3. The van der Waals surface area contributed by atoms with Crippen molar-refractivity contribution >= 4 is 15.8 Å².